The van der Waals surface area contributed by atoms with Gasteiger partial charge in [-0.05, 0) is 149 Å². The standard InChI is InChI=1S/C58H46N2/c1-3-13-41(14-4-1)48-17-8-11-21-55(48)59(47-28-29-51-50-19-9-12-22-56(50)60(57(51)37-47)45-15-5-2-6-16-45)46-26-23-40(24-27-46)42-25-30-54-52(36-42)49-18-7-10-20-53(49)58(54)43-32-38-31-39(34-43)35-44(58)33-38/h1-30,36-39,43-44H,31-35H2. The summed E-state index contributed by atoms with van der Waals surface area (Å²) < 4.78 is 2.41. The maximum absolute atomic E-state index is 2.55. The monoisotopic (exact) mass is 770 g/mol. The molecule has 4 bridgehead atoms. The second kappa shape index (κ2) is 13.2. The van der Waals surface area contributed by atoms with Gasteiger partial charge in [0, 0.05) is 38.8 Å². The van der Waals surface area contributed by atoms with Crippen LogP contribution in [0.5, 0.6) is 0 Å². The number of hydrogen-bond acceptors (Lipinski definition) is 1. The third-order valence-corrected chi connectivity index (χ3v) is 15.2. The van der Waals surface area contributed by atoms with Gasteiger partial charge >= 0.3 is 0 Å². The van der Waals surface area contributed by atoms with Crippen LogP contribution in [-0.2, 0) is 5.41 Å². The molecule has 4 saturated carbocycles. The van der Waals surface area contributed by atoms with Crippen LogP contribution in [0, 0.1) is 23.7 Å². The van der Waals surface area contributed by atoms with E-state index in [0.717, 1.165) is 46.4 Å². The van der Waals surface area contributed by atoms with Crippen molar-refractivity contribution in [2.75, 3.05) is 4.90 Å². The molecule has 0 N–H and O–H groups in total. The third-order valence-electron chi connectivity index (χ3n) is 15.2. The minimum Gasteiger partial charge on any atom is -0.310 e. The fourth-order valence-electron chi connectivity index (χ4n) is 13.1. The van der Waals surface area contributed by atoms with E-state index in [1.165, 1.54) is 87.3 Å². The zero-order valence-corrected chi connectivity index (χ0v) is 33.7. The maximum atomic E-state index is 2.55. The summed E-state index contributed by atoms with van der Waals surface area (Å²) in [6, 6.07) is 72.5. The molecule has 5 aliphatic rings. The maximum Gasteiger partial charge on any atom is 0.0561 e. The summed E-state index contributed by atoms with van der Waals surface area (Å²) in [6.07, 6.45) is 7.13. The fraction of sp³-hybridized carbons (Fsp3) is 0.172. The van der Waals surface area contributed by atoms with Gasteiger partial charge in [-0.1, -0.05) is 140 Å². The first-order chi connectivity index (χ1) is 29.7. The van der Waals surface area contributed by atoms with Crippen molar-refractivity contribution in [1.29, 1.82) is 0 Å². The Bertz CT molecular complexity index is 3070. The van der Waals surface area contributed by atoms with Crippen LogP contribution in [0.3, 0.4) is 0 Å². The Morgan fingerprint density at radius 2 is 1.00 bits per heavy atom. The molecule has 1 spiro atoms. The molecule has 1 heterocycles. The number of aromatic nitrogens is 1. The number of fused-ring (bicyclic) bond motifs is 6. The SMILES string of the molecule is c1ccc(-c2ccccc2N(c2ccc(-c3ccc4c(c3)-c3ccccc3C43C4CC5CC(C4)CC3C5)cc2)c2ccc3c4ccccc4n(-c4ccccc4)c3c2)cc1. The molecule has 0 radical (unpaired) electrons. The van der Waals surface area contributed by atoms with Crippen LogP contribution in [0.25, 0.3) is 60.9 Å². The van der Waals surface area contributed by atoms with Crippen molar-refractivity contribution in [2.45, 2.75) is 37.5 Å². The lowest BCUT2D eigenvalue weighted by molar-refractivity contribution is -0.0399. The molecule has 5 aliphatic carbocycles. The molecule has 2 heteroatoms. The lowest BCUT2D eigenvalue weighted by Crippen LogP contribution is -2.55. The Hall–Kier alpha value is -6.64. The highest BCUT2D eigenvalue weighted by Crippen LogP contribution is 2.69. The summed E-state index contributed by atoms with van der Waals surface area (Å²) in [6.45, 7) is 0. The van der Waals surface area contributed by atoms with Crippen LogP contribution in [0.1, 0.15) is 43.2 Å². The quantitative estimate of drug-likeness (QED) is 0.163. The molecule has 288 valence electrons. The van der Waals surface area contributed by atoms with Gasteiger partial charge in [0.15, 0.2) is 0 Å². The highest BCUT2D eigenvalue weighted by molar-refractivity contribution is 6.10. The molecule has 0 unspecified atom stereocenters. The van der Waals surface area contributed by atoms with Crippen LogP contribution in [0.2, 0.25) is 0 Å². The highest BCUT2D eigenvalue weighted by atomic mass is 15.1. The molecular weight excluding hydrogens is 725 g/mol. The minimum absolute atomic E-state index is 0.196. The van der Waals surface area contributed by atoms with Gasteiger partial charge in [0.25, 0.3) is 0 Å². The van der Waals surface area contributed by atoms with Gasteiger partial charge in [-0.3, -0.25) is 0 Å². The number of hydrogen-bond donors (Lipinski definition) is 0. The van der Waals surface area contributed by atoms with Crippen LogP contribution < -0.4 is 4.90 Å². The van der Waals surface area contributed by atoms with Crippen molar-refractivity contribution < 1.29 is 0 Å². The van der Waals surface area contributed by atoms with E-state index < -0.39 is 0 Å². The molecule has 8 aromatic carbocycles. The average Bonchev–Trinajstić information content (AvgIpc) is 3.79. The van der Waals surface area contributed by atoms with E-state index in [4.69, 9.17) is 0 Å². The van der Waals surface area contributed by atoms with Gasteiger partial charge in [0.05, 0.1) is 16.7 Å². The average molecular weight is 771 g/mol. The van der Waals surface area contributed by atoms with Crippen molar-refractivity contribution in [2.24, 2.45) is 23.7 Å². The van der Waals surface area contributed by atoms with Crippen LogP contribution in [-0.4, -0.2) is 4.57 Å². The molecular formula is C58H46N2. The lowest BCUT2D eigenvalue weighted by Gasteiger charge is -2.61. The first kappa shape index (κ1) is 34.2. The van der Waals surface area contributed by atoms with Crippen molar-refractivity contribution >= 4 is 38.9 Å². The molecule has 1 aromatic heterocycles. The van der Waals surface area contributed by atoms with Crippen molar-refractivity contribution in [3.8, 4) is 39.1 Å². The van der Waals surface area contributed by atoms with E-state index in [9.17, 15) is 0 Å². The first-order valence-corrected chi connectivity index (χ1v) is 22.1. The topological polar surface area (TPSA) is 8.17 Å². The molecule has 0 saturated heterocycles. The van der Waals surface area contributed by atoms with Gasteiger partial charge in [0.2, 0.25) is 0 Å². The molecule has 4 fully saturated rings. The molecule has 14 rings (SSSR count). The van der Waals surface area contributed by atoms with E-state index in [2.05, 4.69) is 204 Å². The minimum atomic E-state index is 0.196. The zero-order chi connectivity index (χ0) is 39.4. The summed E-state index contributed by atoms with van der Waals surface area (Å²) in [5.41, 5.74) is 18.3. The number of rotatable bonds is 6. The highest BCUT2D eigenvalue weighted by Gasteiger charge is 2.61. The van der Waals surface area contributed by atoms with E-state index in [0.29, 0.717) is 0 Å². The van der Waals surface area contributed by atoms with Crippen LogP contribution >= 0.6 is 0 Å². The van der Waals surface area contributed by atoms with Gasteiger partial charge in [0.1, 0.15) is 0 Å². The number of anilines is 3. The third kappa shape index (κ3) is 4.94. The summed E-state index contributed by atoms with van der Waals surface area (Å²) in [7, 11) is 0. The predicted octanol–water partition coefficient (Wildman–Crippen LogP) is 15.3. The Morgan fingerprint density at radius 3 is 1.78 bits per heavy atom. The predicted molar refractivity (Wildman–Crippen MR) is 250 cm³/mol. The Labute approximate surface area is 352 Å². The smallest absolute Gasteiger partial charge is 0.0561 e. The largest absolute Gasteiger partial charge is 0.310 e. The van der Waals surface area contributed by atoms with E-state index in [1.54, 1.807) is 11.1 Å². The first-order valence-electron chi connectivity index (χ1n) is 22.1. The molecule has 0 atom stereocenters. The molecule has 0 aliphatic heterocycles. The fourth-order valence-corrected chi connectivity index (χ4v) is 13.1. The number of para-hydroxylation sites is 3. The molecule has 0 amide bonds. The normalized spacial score (nSPS) is 22.1. The van der Waals surface area contributed by atoms with E-state index >= 15 is 0 Å². The van der Waals surface area contributed by atoms with Gasteiger partial charge < -0.3 is 9.47 Å². The summed E-state index contributed by atoms with van der Waals surface area (Å²) >= 11 is 0. The van der Waals surface area contributed by atoms with Crippen molar-refractivity contribution in [1.82, 2.24) is 4.57 Å². The van der Waals surface area contributed by atoms with Gasteiger partial charge in [-0.25, -0.2) is 0 Å². The van der Waals surface area contributed by atoms with Crippen LogP contribution in [0.4, 0.5) is 17.1 Å². The number of nitrogens with zero attached hydrogens (tertiary/aromatic N) is 2. The van der Waals surface area contributed by atoms with E-state index in [1.807, 2.05) is 0 Å². The Morgan fingerprint density at radius 1 is 0.400 bits per heavy atom. The Balaban J connectivity index is 0.952. The van der Waals surface area contributed by atoms with E-state index in [-0.39, 0.29) is 5.41 Å². The van der Waals surface area contributed by atoms with Gasteiger partial charge in [-0.2, -0.15) is 0 Å². The molecule has 9 aromatic rings. The lowest BCUT2D eigenvalue weighted by atomic mass is 9.43. The molecule has 60 heavy (non-hydrogen) atoms. The van der Waals surface area contributed by atoms with Crippen molar-refractivity contribution in [3.05, 3.63) is 205 Å². The van der Waals surface area contributed by atoms with Gasteiger partial charge in [-0.15, -0.1) is 0 Å². The summed E-state index contributed by atoms with van der Waals surface area (Å²) in [5.74, 6) is 3.45. The summed E-state index contributed by atoms with van der Waals surface area (Å²) in [5, 5.41) is 2.51. The van der Waals surface area contributed by atoms with Crippen molar-refractivity contribution in [3.63, 3.8) is 0 Å². The Kier molecular flexibility index (Phi) is 7.52. The summed E-state index contributed by atoms with van der Waals surface area (Å²) in [4.78, 5) is 2.45. The second-order valence-corrected chi connectivity index (χ2v) is 18.1. The number of benzene rings is 8. The van der Waals surface area contributed by atoms with Crippen LogP contribution in [0.15, 0.2) is 194 Å². The second-order valence-electron chi connectivity index (χ2n) is 18.1. The molecule has 2 nitrogen and oxygen atoms in total. The zero-order valence-electron chi connectivity index (χ0n) is 33.7.